The largest absolute Gasteiger partial charge is 0.465 e. The number of hydrogen-bond donors (Lipinski definition) is 0. The lowest BCUT2D eigenvalue weighted by Gasteiger charge is -2.29. The maximum atomic E-state index is 13.8. The molecule has 1 aliphatic carbocycles. The third-order valence-corrected chi connectivity index (χ3v) is 6.62. The van der Waals surface area contributed by atoms with Gasteiger partial charge in [0.2, 0.25) is 5.89 Å². The highest BCUT2D eigenvalue weighted by molar-refractivity contribution is 5.92. The van der Waals surface area contributed by atoms with E-state index < -0.39 is 23.5 Å². The summed E-state index contributed by atoms with van der Waals surface area (Å²) in [5.41, 5.74) is 1.31. The number of alkyl halides is 3. The molecule has 6 nitrogen and oxygen atoms in total. The summed E-state index contributed by atoms with van der Waals surface area (Å²) in [5, 5.41) is 0. The third-order valence-electron chi connectivity index (χ3n) is 6.62. The van der Waals surface area contributed by atoms with E-state index in [1.54, 1.807) is 6.92 Å². The van der Waals surface area contributed by atoms with E-state index in [1.807, 2.05) is 25.1 Å². The number of nitrogens with zero attached hydrogens (tertiary/aromatic N) is 1. The number of esters is 1. The number of halogens is 4. The molecule has 1 aromatic heterocycles. The van der Waals surface area contributed by atoms with Crippen LogP contribution in [0.4, 0.5) is 17.6 Å². The Morgan fingerprint density at radius 3 is 2.47 bits per heavy atom. The van der Waals surface area contributed by atoms with Gasteiger partial charge in [-0.1, -0.05) is 18.2 Å². The van der Waals surface area contributed by atoms with Crippen molar-refractivity contribution in [1.82, 2.24) is 4.98 Å². The summed E-state index contributed by atoms with van der Waals surface area (Å²) >= 11 is 0. The zero-order valence-corrected chi connectivity index (χ0v) is 21.4. The quantitative estimate of drug-likeness (QED) is 0.230. The number of ether oxygens (including phenoxy) is 3. The molecule has 38 heavy (non-hydrogen) atoms. The van der Waals surface area contributed by atoms with Gasteiger partial charge in [-0.2, -0.15) is 13.2 Å². The monoisotopic (exact) mass is 535 g/mol. The first kappa shape index (κ1) is 27.8. The van der Waals surface area contributed by atoms with Crippen LogP contribution in [0.15, 0.2) is 40.8 Å². The average Bonchev–Trinajstić information content (AvgIpc) is 3.25. The van der Waals surface area contributed by atoms with Crippen LogP contribution in [0.5, 0.6) is 0 Å². The molecular weight excluding hydrogens is 506 g/mol. The van der Waals surface area contributed by atoms with Gasteiger partial charge in [0.1, 0.15) is 17.3 Å². The first-order chi connectivity index (χ1) is 18.0. The fraction of sp³-hybridized carbons (Fsp3) is 0.429. The van der Waals surface area contributed by atoms with Crippen molar-refractivity contribution in [3.05, 3.63) is 75.9 Å². The van der Waals surface area contributed by atoms with Crippen LogP contribution in [0, 0.1) is 19.7 Å². The molecule has 1 aliphatic rings. The van der Waals surface area contributed by atoms with Gasteiger partial charge in [-0.05, 0) is 68.9 Å². The molecule has 0 spiro atoms. The zero-order chi connectivity index (χ0) is 27.4. The first-order valence-electron chi connectivity index (χ1n) is 12.3. The van der Waals surface area contributed by atoms with E-state index >= 15 is 0 Å². The predicted molar refractivity (Wildman–Crippen MR) is 130 cm³/mol. The molecule has 2 unspecified atom stereocenters. The first-order valence-corrected chi connectivity index (χ1v) is 12.3. The molecule has 0 amide bonds. The van der Waals surface area contributed by atoms with E-state index in [2.05, 4.69) is 4.98 Å². The Morgan fingerprint density at radius 1 is 1.08 bits per heavy atom. The van der Waals surface area contributed by atoms with Gasteiger partial charge < -0.3 is 18.6 Å². The second-order valence-electron chi connectivity index (χ2n) is 9.38. The van der Waals surface area contributed by atoms with Crippen molar-refractivity contribution in [3.63, 3.8) is 0 Å². The average molecular weight is 536 g/mol. The number of aryl methyl sites for hydroxylation is 2. The molecule has 2 atom stereocenters. The lowest BCUT2D eigenvalue weighted by atomic mass is 9.94. The molecule has 3 aromatic rings. The minimum atomic E-state index is -4.69. The SMILES string of the molecule is COC(=O)c1c(C)cccc1COC1CCCC(OCc2nc(-c3cc(F)cc(C(F)(F)F)c3)oc2C)C1. The standard InChI is InChI=1S/C28H29F4NO5/c1-16-6-4-7-18(25(16)27(34)35-3)14-36-22-8-5-9-23(13-22)37-15-24-17(2)38-26(33-24)19-10-20(28(30,31)32)12-21(29)11-19/h4,6-7,10-12,22-23H,5,8-9,13-15H2,1-3H3. The number of methoxy groups -OCH3 is 1. The van der Waals surface area contributed by atoms with Gasteiger partial charge in [0.05, 0.1) is 43.7 Å². The molecule has 0 N–H and O–H groups in total. The predicted octanol–water partition coefficient (Wildman–Crippen LogP) is 6.95. The second-order valence-corrected chi connectivity index (χ2v) is 9.38. The van der Waals surface area contributed by atoms with Crippen molar-refractivity contribution in [2.45, 2.75) is 71.1 Å². The van der Waals surface area contributed by atoms with Crippen molar-refractivity contribution in [2.24, 2.45) is 0 Å². The Bertz CT molecular complexity index is 1290. The van der Waals surface area contributed by atoms with E-state index in [-0.39, 0.29) is 36.9 Å². The summed E-state index contributed by atoms with van der Waals surface area (Å²) in [6.45, 7) is 3.84. The van der Waals surface area contributed by atoms with Crippen molar-refractivity contribution in [1.29, 1.82) is 0 Å². The highest BCUT2D eigenvalue weighted by Gasteiger charge is 2.32. The molecule has 1 heterocycles. The van der Waals surface area contributed by atoms with E-state index in [4.69, 9.17) is 18.6 Å². The maximum absolute atomic E-state index is 13.8. The summed E-state index contributed by atoms with van der Waals surface area (Å²) in [5.74, 6) is -1.14. The highest BCUT2D eigenvalue weighted by Crippen LogP contribution is 2.34. The third kappa shape index (κ3) is 6.60. The fourth-order valence-electron chi connectivity index (χ4n) is 4.61. The Kier molecular flexibility index (Phi) is 8.52. The van der Waals surface area contributed by atoms with Crippen molar-refractivity contribution in [3.8, 4) is 11.5 Å². The number of carbonyl (C=O) groups excluding carboxylic acids is 1. The molecular formula is C28H29F4NO5. The highest BCUT2D eigenvalue weighted by atomic mass is 19.4. The summed E-state index contributed by atoms with van der Waals surface area (Å²) in [6, 6.07) is 7.75. The number of aromatic nitrogens is 1. The molecule has 2 aromatic carbocycles. The van der Waals surface area contributed by atoms with Gasteiger partial charge in [0.25, 0.3) is 0 Å². The van der Waals surface area contributed by atoms with Crippen LogP contribution in [-0.2, 0) is 33.6 Å². The molecule has 0 aliphatic heterocycles. The van der Waals surface area contributed by atoms with Gasteiger partial charge in [0.15, 0.2) is 0 Å². The van der Waals surface area contributed by atoms with E-state index in [9.17, 15) is 22.4 Å². The lowest BCUT2D eigenvalue weighted by Crippen LogP contribution is -2.28. The maximum Gasteiger partial charge on any atom is 0.416 e. The Labute approximate surface area is 217 Å². The fourth-order valence-corrected chi connectivity index (χ4v) is 4.61. The number of rotatable bonds is 8. The van der Waals surface area contributed by atoms with E-state index in [0.29, 0.717) is 29.5 Å². The van der Waals surface area contributed by atoms with Crippen molar-refractivity contribution in [2.75, 3.05) is 7.11 Å². The van der Waals surface area contributed by atoms with Gasteiger partial charge in [-0.25, -0.2) is 14.2 Å². The van der Waals surface area contributed by atoms with Crippen LogP contribution in [-0.4, -0.2) is 30.3 Å². The van der Waals surface area contributed by atoms with Crippen LogP contribution < -0.4 is 0 Å². The molecule has 0 radical (unpaired) electrons. The summed E-state index contributed by atoms with van der Waals surface area (Å²) in [6.07, 6.45) is -1.67. The Morgan fingerprint density at radius 2 is 1.79 bits per heavy atom. The van der Waals surface area contributed by atoms with Crippen molar-refractivity contribution >= 4 is 5.97 Å². The topological polar surface area (TPSA) is 70.8 Å². The Balaban J connectivity index is 1.37. The zero-order valence-electron chi connectivity index (χ0n) is 21.4. The second kappa shape index (κ2) is 11.7. The number of oxazole rings is 1. The van der Waals surface area contributed by atoms with Gasteiger partial charge in [-0.3, -0.25) is 0 Å². The summed E-state index contributed by atoms with van der Waals surface area (Å²) < 4.78 is 75.7. The molecule has 0 bridgehead atoms. The van der Waals surface area contributed by atoms with Gasteiger partial charge in [0, 0.05) is 5.56 Å². The minimum Gasteiger partial charge on any atom is -0.465 e. The van der Waals surface area contributed by atoms with Crippen LogP contribution in [0.25, 0.3) is 11.5 Å². The van der Waals surface area contributed by atoms with Gasteiger partial charge in [-0.15, -0.1) is 0 Å². The number of carbonyl (C=O) groups is 1. The number of benzene rings is 2. The molecule has 0 saturated heterocycles. The lowest BCUT2D eigenvalue weighted by molar-refractivity contribution is -0.137. The van der Waals surface area contributed by atoms with Crippen LogP contribution >= 0.6 is 0 Å². The van der Waals surface area contributed by atoms with Gasteiger partial charge >= 0.3 is 12.1 Å². The smallest absolute Gasteiger partial charge is 0.416 e. The van der Waals surface area contributed by atoms with E-state index in [1.165, 1.54) is 7.11 Å². The molecule has 10 heteroatoms. The summed E-state index contributed by atoms with van der Waals surface area (Å²) in [4.78, 5) is 16.5. The molecule has 1 saturated carbocycles. The van der Waals surface area contributed by atoms with Crippen LogP contribution in [0.3, 0.4) is 0 Å². The molecule has 204 valence electrons. The van der Waals surface area contributed by atoms with Crippen LogP contribution in [0.2, 0.25) is 0 Å². The normalized spacial score (nSPS) is 18.0. The van der Waals surface area contributed by atoms with Crippen LogP contribution in [0.1, 0.15) is 64.2 Å². The Hall–Kier alpha value is -3.24. The van der Waals surface area contributed by atoms with E-state index in [0.717, 1.165) is 42.5 Å². The molecule has 4 rings (SSSR count). The summed E-state index contributed by atoms with van der Waals surface area (Å²) in [7, 11) is 1.35. The minimum absolute atomic E-state index is 0.0678. The van der Waals surface area contributed by atoms with Crippen molar-refractivity contribution < 1.29 is 41.0 Å². The number of hydrogen-bond acceptors (Lipinski definition) is 6. The molecule has 1 fully saturated rings.